The lowest BCUT2D eigenvalue weighted by atomic mass is 9.95. The van der Waals surface area contributed by atoms with E-state index in [9.17, 15) is 4.39 Å². The molecule has 0 spiro atoms. The maximum Gasteiger partial charge on any atom is 0.142 e. The lowest BCUT2D eigenvalue weighted by molar-refractivity contribution is 0.229. The molecule has 0 amide bonds. The number of aryl methyl sites for hydroxylation is 2. The summed E-state index contributed by atoms with van der Waals surface area (Å²) in [4.78, 5) is 13.7. The van der Waals surface area contributed by atoms with E-state index in [0.29, 0.717) is 5.69 Å². The van der Waals surface area contributed by atoms with E-state index in [0.717, 1.165) is 73.8 Å². The minimum absolute atomic E-state index is 0.0792. The maximum atomic E-state index is 13.6. The van der Waals surface area contributed by atoms with Crippen molar-refractivity contribution in [2.45, 2.75) is 19.4 Å². The molecule has 0 unspecified atom stereocenters. The predicted octanol–water partition coefficient (Wildman–Crippen LogP) is 4.09. The molecule has 10 heteroatoms. The fourth-order valence-electron chi connectivity index (χ4n) is 4.62. The van der Waals surface area contributed by atoms with E-state index < -0.39 is 5.82 Å². The summed E-state index contributed by atoms with van der Waals surface area (Å²) in [5.41, 5.74) is 4.30. The van der Waals surface area contributed by atoms with Crippen molar-refractivity contribution in [2.75, 3.05) is 38.0 Å². The van der Waals surface area contributed by atoms with Gasteiger partial charge in [0.2, 0.25) is 0 Å². The van der Waals surface area contributed by atoms with E-state index in [-0.39, 0.29) is 5.02 Å². The SMILES string of the molecule is Fc1ccc(Nc2ncnc3sc4c(c23)CCc2nn(CCN3CCNCC3)cc2-4)cc1Cl. The zero-order chi connectivity index (χ0) is 22.4. The summed E-state index contributed by atoms with van der Waals surface area (Å²) in [6, 6.07) is 4.59. The second kappa shape index (κ2) is 8.64. The van der Waals surface area contributed by atoms with Crippen molar-refractivity contribution in [3.8, 4) is 10.4 Å². The second-order valence-corrected chi connectivity index (χ2v) is 9.82. The number of anilines is 2. The number of rotatable bonds is 5. The number of fused-ring (bicyclic) bond motifs is 5. The number of halogens is 2. The van der Waals surface area contributed by atoms with Gasteiger partial charge in [-0.05, 0) is 36.6 Å². The average Bonchev–Trinajstić information content (AvgIpc) is 3.42. The van der Waals surface area contributed by atoms with Gasteiger partial charge in [-0.25, -0.2) is 14.4 Å². The number of benzene rings is 1. The first-order valence-electron chi connectivity index (χ1n) is 11.1. The predicted molar refractivity (Wildman–Crippen MR) is 130 cm³/mol. The molecule has 0 atom stereocenters. The van der Waals surface area contributed by atoms with Crippen LogP contribution in [-0.2, 0) is 19.4 Å². The molecule has 33 heavy (non-hydrogen) atoms. The van der Waals surface area contributed by atoms with E-state index >= 15 is 0 Å². The molecule has 2 aliphatic rings. The van der Waals surface area contributed by atoms with Gasteiger partial charge in [-0.2, -0.15) is 5.10 Å². The average molecular weight is 484 g/mol. The molecule has 4 aromatic rings. The first-order chi connectivity index (χ1) is 16.2. The molecule has 6 rings (SSSR count). The smallest absolute Gasteiger partial charge is 0.142 e. The summed E-state index contributed by atoms with van der Waals surface area (Å²) in [5.74, 6) is 0.277. The van der Waals surface area contributed by atoms with Crippen LogP contribution >= 0.6 is 22.9 Å². The fourth-order valence-corrected chi connectivity index (χ4v) is 6.03. The number of nitrogens with one attached hydrogen (secondary N) is 2. The van der Waals surface area contributed by atoms with Gasteiger partial charge in [0.1, 0.15) is 22.8 Å². The molecule has 0 radical (unpaired) electrons. The third kappa shape index (κ3) is 3.99. The Kier molecular flexibility index (Phi) is 5.49. The molecule has 170 valence electrons. The highest BCUT2D eigenvalue weighted by Crippen LogP contribution is 2.45. The molecule has 4 heterocycles. The van der Waals surface area contributed by atoms with Crippen molar-refractivity contribution in [3.05, 3.63) is 52.8 Å². The normalized spacial score (nSPS) is 16.1. The summed E-state index contributed by atoms with van der Waals surface area (Å²) >= 11 is 7.65. The van der Waals surface area contributed by atoms with Crippen LogP contribution < -0.4 is 10.6 Å². The molecule has 3 aromatic heterocycles. The third-order valence-electron chi connectivity index (χ3n) is 6.32. The summed E-state index contributed by atoms with van der Waals surface area (Å²) in [6.45, 7) is 6.21. The monoisotopic (exact) mass is 483 g/mol. The quantitative estimate of drug-likeness (QED) is 0.445. The summed E-state index contributed by atoms with van der Waals surface area (Å²) in [6.07, 6.45) is 5.54. The van der Waals surface area contributed by atoms with Gasteiger partial charge in [0.05, 0.1) is 22.6 Å². The minimum Gasteiger partial charge on any atom is -0.340 e. The number of hydrogen-bond donors (Lipinski definition) is 2. The van der Waals surface area contributed by atoms with Crippen LogP contribution in [0, 0.1) is 5.82 Å². The van der Waals surface area contributed by atoms with Gasteiger partial charge in [0.25, 0.3) is 0 Å². The summed E-state index contributed by atoms with van der Waals surface area (Å²) < 4.78 is 15.7. The molecule has 2 N–H and O–H groups in total. The molecule has 1 aromatic carbocycles. The molecule has 1 saturated heterocycles. The third-order valence-corrected chi connectivity index (χ3v) is 7.78. The van der Waals surface area contributed by atoms with Crippen LogP contribution in [0.4, 0.5) is 15.9 Å². The van der Waals surface area contributed by atoms with Crippen LogP contribution in [0.5, 0.6) is 0 Å². The van der Waals surface area contributed by atoms with Gasteiger partial charge < -0.3 is 10.6 Å². The van der Waals surface area contributed by atoms with E-state index in [2.05, 4.69) is 36.4 Å². The Hall–Kier alpha value is -2.59. The molecule has 1 aliphatic carbocycles. The number of hydrogen-bond acceptors (Lipinski definition) is 7. The highest BCUT2D eigenvalue weighted by molar-refractivity contribution is 7.22. The van der Waals surface area contributed by atoms with Gasteiger partial charge in [-0.1, -0.05) is 11.6 Å². The largest absolute Gasteiger partial charge is 0.340 e. The van der Waals surface area contributed by atoms with Gasteiger partial charge in [0.15, 0.2) is 0 Å². The summed E-state index contributed by atoms with van der Waals surface area (Å²) in [5, 5.41) is 12.7. The zero-order valence-corrected chi connectivity index (χ0v) is 19.5. The van der Waals surface area contributed by atoms with E-state index in [1.54, 1.807) is 29.8 Å². The van der Waals surface area contributed by atoms with Crippen molar-refractivity contribution in [1.29, 1.82) is 0 Å². The highest BCUT2D eigenvalue weighted by Gasteiger charge is 2.26. The van der Waals surface area contributed by atoms with Crippen molar-refractivity contribution < 1.29 is 4.39 Å². The first kappa shape index (κ1) is 21.0. The van der Waals surface area contributed by atoms with Crippen LogP contribution in [0.3, 0.4) is 0 Å². The van der Waals surface area contributed by atoms with Crippen LogP contribution in [-0.4, -0.2) is 57.4 Å². The zero-order valence-electron chi connectivity index (χ0n) is 17.9. The Morgan fingerprint density at radius 3 is 2.88 bits per heavy atom. The Balaban J connectivity index is 1.31. The summed E-state index contributed by atoms with van der Waals surface area (Å²) in [7, 11) is 0. The minimum atomic E-state index is -0.440. The Morgan fingerprint density at radius 2 is 2.03 bits per heavy atom. The van der Waals surface area contributed by atoms with Crippen LogP contribution in [0.2, 0.25) is 5.02 Å². The highest BCUT2D eigenvalue weighted by atomic mass is 35.5. The molecule has 7 nitrogen and oxygen atoms in total. The lowest BCUT2D eigenvalue weighted by Crippen LogP contribution is -2.44. The Bertz CT molecular complexity index is 1330. The van der Waals surface area contributed by atoms with Crippen LogP contribution in [0.25, 0.3) is 20.7 Å². The molecular weight excluding hydrogens is 461 g/mol. The molecular formula is C23H23ClFN7S. The topological polar surface area (TPSA) is 70.9 Å². The Morgan fingerprint density at radius 1 is 1.15 bits per heavy atom. The molecule has 0 bridgehead atoms. The fraction of sp³-hybridized carbons (Fsp3) is 0.348. The van der Waals surface area contributed by atoms with E-state index in [4.69, 9.17) is 16.7 Å². The standard InChI is InChI=1S/C23H23ClFN7S/c24-17-11-14(1-3-18(17)25)29-22-20-15-2-4-19-16(21(15)33-23(20)28-13-27-22)12-32(30-19)10-9-31-7-5-26-6-8-31/h1,3,11-13,26H,2,4-10H2,(H,27,28,29). The van der Waals surface area contributed by atoms with Crippen LogP contribution in [0.15, 0.2) is 30.7 Å². The van der Waals surface area contributed by atoms with Crippen molar-refractivity contribution >= 4 is 44.7 Å². The van der Waals surface area contributed by atoms with Gasteiger partial charge in [-0.3, -0.25) is 9.58 Å². The number of piperazine rings is 1. The lowest BCUT2D eigenvalue weighted by Gasteiger charge is -2.26. The van der Waals surface area contributed by atoms with Crippen molar-refractivity contribution in [1.82, 2.24) is 30.0 Å². The number of aromatic nitrogens is 4. The first-order valence-corrected chi connectivity index (χ1v) is 12.3. The van der Waals surface area contributed by atoms with Crippen LogP contribution in [0.1, 0.15) is 11.3 Å². The molecule has 1 fully saturated rings. The maximum absolute atomic E-state index is 13.6. The van der Waals surface area contributed by atoms with Gasteiger partial charge >= 0.3 is 0 Å². The van der Waals surface area contributed by atoms with Crippen molar-refractivity contribution in [2.24, 2.45) is 0 Å². The van der Waals surface area contributed by atoms with Gasteiger partial charge in [0, 0.05) is 55.0 Å². The Labute approximate surface area is 199 Å². The molecule has 0 saturated carbocycles. The molecule has 1 aliphatic heterocycles. The number of nitrogens with zero attached hydrogens (tertiary/aromatic N) is 5. The van der Waals surface area contributed by atoms with Gasteiger partial charge in [-0.15, -0.1) is 11.3 Å². The second-order valence-electron chi connectivity index (χ2n) is 8.41. The van der Waals surface area contributed by atoms with E-state index in [1.165, 1.54) is 22.1 Å². The number of thiophene rings is 1. The van der Waals surface area contributed by atoms with E-state index in [1.807, 2.05) is 0 Å². The van der Waals surface area contributed by atoms with Crippen molar-refractivity contribution in [3.63, 3.8) is 0 Å².